The lowest BCUT2D eigenvalue weighted by molar-refractivity contribution is -0.137. The molecule has 0 amide bonds. The maximum atomic E-state index is 12.1. The van der Waals surface area contributed by atoms with Gasteiger partial charge in [-0.25, -0.2) is 9.48 Å². The zero-order valence-electron chi connectivity index (χ0n) is 17.9. The van der Waals surface area contributed by atoms with Crippen molar-refractivity contribution in [3.63, 3.8) is 0 Å². The van der Waals surface area contributed by atoms with Crippen LogP contribution in [0.3, 0.4) is 0 Å². The summed E-state index contributed by atoms with van der Waals surface area (Å²) in [6.07, 6.45) is 3.31. The summed E-state index contributed by atoms with van der Waals surface area (Å²) in [5.41, 5.74) is 2.93. The average Bonchev–Trinajstić information content (AvgIpc) is 3.21. The molecule has 0 radical (unpaired) electrons. The molecule has 0 aliphatic carbocycles. The fraction of sp³-hybridized carbons (Fsp3) is 0.240. The predicted molar refractivity (Wildman–Crippen MR) is 120 cm³/mol. The summed E-state index contributed by atoms with van der Waals surface area (Å²) in [4.78, 5) is 12.1. The van der Waals surface area contributed by atoms with Crippen molar-refractivity contribution >= 4 is 12.0 Å². The highest BCUT2D eigenvalue weighted by molar-refractivity contribution is 5.98. The molecular weight excluding hydrogens is 390 g/mol. The van der Waals surface area contributed by atoms with Crippen molar-refractivity contribution in [3.05, 3.63) is 71.9 Å². The van der Waals surface area contributed by atoms with Crippen molar-refractivity contribution < 1.29 is 14.3 Å². The fourth-order valence-electron chi connectivity index (χ4n) is 2.90. The van der Waals surface area contributed by atoms with E-state index in [1.54, 1.807) is 17.8 Å². The van der Waals surface area contributed by atoms with Crippen molar-refractivity contribution in [2.75, 3.05) is 13.2 Å². The largest absolute Gasteiger partial charge is 0.493 e. The van der Waals surface area contributed by atoms with Gasteiger partial charge < -0.3 is 9.47 Å². The van der Waals surface area contributed by atoms with Gasteiger partial charge in [-0.1, -0.05) is 32.0 Å². The van der Waals surface area contributed by atoms with Crippen LogP contribution in [0.2, 0.25) is 0 Å². The van der Waals surface area contributed by atoms with E-state index < -0.39 is 5.97 Å². The molecule has 0 N–H and O–H groups in total. The molecule has 3 rings (SSSR count). The quantitative estimate of drug-likeness (QED) is 0.292. The number of ether oxygens (including phenoxy) is 2. The van der Waals surface area contributed by atoms with Gasteiger partial charge in [0.25, 0.3) is 0 Å². The Labute approximate surface area is 182 Å². The third-order valence-electron chi connectivity index (χ3n) is 4.39. The van der Waals surface area contributed by atoms with Gasteiger partial charge in [0.05, 0.1) is 24.6 Å². The Hall–Kier alpha value is -3.85. The summed E-state index contributed by atoms with van der Waals surface area (Å²) < 4.78 is 12.5. The molecule has 0 aliphatic rings. The van der Waals surface area contributed by atoms with Gasteiger partial charge in [-0.3, -0.25) is 0 Å². The van der Waals surface area contributed by atoms with E-state index in [0.717, 1.165) is 17.0 Å². The van der Waals surface area contributed by atoms with Crippen molar-refractivity contribution in [2.45, 2.75) is 20.8 Å². The van der Waals surface area contributed by atoms with E-state index >= 15 is 0 Å². The van der Waals surface area contributed by atoms with Crippen LogP contribution in [-0.2, 0) is 9.53 Å². The zero-order chi connectivity index (χ0) is 22.2. The highest BCUT2D eigenvalue weighted by Crippen LogP contribution is 2.28. The van der Waals surface area contributed by atoms with E-state index in [0.29, 0.717) is 23.8 Å². The summed E-state index contributed by atoms with van der Waals surface area (Å²) in [7, 11) is 0. The van der Waals surface area contributed by atoms with E-state index in [-0.39, 0.29) is 12.2 Å². The van der Waals surface area contributed by atoms with Crippen LogP contribution in [0.15, 0.2) is 66.4 Å². The third kappa shape index (κ3) is 5.61. The number of nitriles is 1. The molecule has 0 fully saturated rings. The molecule has 0 unspecified atom stereocenters. The van der Waals surface area contributed by atoms with Gasteiger partial charge in [0, 0.05) is 17.3 Å². The van der Waals surface area contributed by atoms with Crippen LogP contribution < -0.4 is 4.74 Å². The number of benzene rings is 2. The normalized spacial score (nSPS) is 11.3. The molecule has 0 bridgehead atoms. The van der Waals surface area contributed by atoms with Crippen LogP contribution in [0.25, 0.3) is 23.0 Å². The number of aromatic nitrogens is 2. The fourth-order valence-corrected chi connectivity index (χ4v) is 2.90. The summed E-state index contributed by atoms with van der Waals surface area (Å²) in [6, 6.07) is 19.2. The molecule has 1 aromatic heterocycles. The second-order valence-corrected chi connectivity index (χ2v) is 7.33. The lowest BCUT2D eigenvalue weighted by Crippen LogP contribution is -2.06. The SMILES string of the molecule is CCOC(=O)/C(C#N)=C\c1cn(-c2ccccc2)nc1-c1ccc(OCC(C)C)cc1. The highest BCUT2D eigenvalue weighted by atomic mass is 16.5. The molecule has 0 saturated heterocycles. The van der Waals surface area contributed by atoms with Crippen LogP contribution in [0.1, 0.15) is 26.3 Å². The van der Waals surface area contributed by atoms with Crippen molar-refractivity contribution in [1.29, 1.82) is 5.26 Å². The number of hydrogen-bond acceptors (Lipinski definition) is 5. The Morgan fingerprint density at radius 2 is 1.87 bits per heavy atom. The maximum Gasteiger partial charge on any atom is 0.348 e. The molecule has 3 aromatic rings. The minimum atomic E-state index is -0.652. The first-order valence-corrected chi connectivity index (χ1v) is 10.2. The van der Waals surface area contributed by atoms with Gasteiger partial charge in [-0.05, 0) is 55.3 Å². The molecule has 0 atom stereocenters. The summed E-state index contributed by atoms with van der Waals surface area (Å²) in [6.45, 7) is 6.74. The molecular formula is C25H25N3O3. The van der Waals surface area contributed by atoms with Gasteiger partial charge in [0.2, 0.25) is 0 Å². The van der Waals surface area contributed by atoms with E-state index in [1.165, 1.54) is 6.08 Å². The number of carbonyl (C=O) groups is 1. The van der Waals surface area contributed by atoms with Gasteiger partial charge >= 0.3 is 5.97 Å². The van der Waals surface area contributed by atoms with Crippen LogP contribution in [0.4, 0.5) is 0 Å². The molecule has 0 spiro atoms. The molecule has 6 heteroatoms. The van der Waals surface area contributed by atoms with Crippen LogP contribution >= 0.6 is 0 Å². The number of carbonyl (C=O) groups excluding carboxylic acids is 1. The number of para-hydroxylation sites is 1. The molecule has 158 valence electrons. The Morgan fingerprint density at radius 3 is 2.48 bits per heavy atom. The monoisotopic (exact) mass is 415 g/mol. The van der Waals surface area contributed by atoms with Gasteiger partial charge in [-0.2, -0.15) is 10.4 Å². The molecule has 31 heavy (non-hydrogen) atoms. The maximum absolute atomic E-state index is 12.1. The standard InChI is InChI=1S/C25H25N3O3/c1-4-30-25(29)20(15-26)14-21-16-28(22-8-6-5-7-9-22)27-24(21)19-10-12-23(13-11-19)31-17-18(2)3/h5-14,16,18H,4,17H2,1-3H3/b20-14-. The topological polar surface area (TPSA) is 77.1 Å². The molecule has 0 aliphatic heterocycles. The molecule has 0 saturated carbocycles. The molecule has 6 nitrogen and oxygen atoms in total. The Bertz CT molecular complexity index is 1090. The number of esters is 1. The smallest absolute Gasteiger partial charge is 0.348 e. The lowest BCUT2D eigenvalue weighted by Gasteiger charge is -2.09. The summed E-state index contributed by atoms with van der Waals surface area (Å²) >= 11 is 0. The zero-order valence-corrected chi connectivity index (χ0v) is 17.9. The first kappa shape index (κ1) is 21.8. The number of hydrogen-bond donors (Lipinski definition) is 0. The van der Waals surface area contributed by atoms with E-state index in [4.69, 9.17) is 14.6 Å². The predicted octanol–water partition coefficient (Wildman–Crippen LogP) is 5.04. The second-order valence-electron chi connectivity index (χ2n) is 7.33. The highest BCUT2D eigenvalue weighted by Gasteiger charge is 2.16. The van der Waals surface area contributed by atoms with Crippen molar-refractivity contribution in [1.82, 2.24) is 9.78 Å². The number of rotatable bonds is 8. The first-order valence-electron chi connectivity index (χ1n) is 10.2. The molecule has 2 aromatic carbocycles. The summed E-state index contributed by atoms with van der Waals surface area (Å²) in [5.74, 6) is 0.562. The third-order valence-corrected chi connectivity index (χ3v) is 4.39. The van der Waals surface area contributed by atoms with Crippen LogP contribution in [0.5, 0.6) is 5.75 Å². The first-order chi connectivity index (χ1) is 15.0. The van der Waals surface area contributed by atoms with Gasteiger partial charge in [0.15, 0.2) is 0 Å². The number of nitrogens with zero attached hydrogens (tertiary/aromatic N) is 3. The summed E-state index contributed by atoms with van der Waals surface area (Å²) in [5, 5.41) is 14.2. The Morgan fingerprint density at radius 1 is 1.16 bits per heavy atom. The Kier molecular flexibility index (Phi) is 7.23. The average molecular weight is 415 g/mol. The van der Waals surface area contributed by atoms with E-state index in [1.807, 2.05) is 60.7 Å². The minimum Gasteiger partial charge on any atom is -0.493 e. The lowest BCUT2D eigenvalue weighted by atomic mass is 10.1. The van der Waals surface area contributed by atoms with Gasteiger partial charge in [-0.15, -0.1) is 0 Å². The van der Waals surface area contributed by atoms with E-state index in [2.05, 4.69) is 13.8 Å². The van der Waals surface area contributed by atoms with Crippen LogP contribution in [-0.4, -0.2) is 29.0 Å². The Balaban J connectivity index is 2.03. The van der Waals surface area contributed by atoms with Crippen molar-refractivity contribution in [3.8, 4) is 28.8 Å². The van der Waals surface area contributed by atoms with E-state index in [9.17, 15) is 10.1 Å². The minimum absolute atomic E-state index is 0.0763. The second kappa shape index (κ2) is 10.3. The van der Waals surface area contributed by atoms with Gasteiger partial charge in [0.1, 0.15) is 17.4 Å². The van der Waals surface area contributed by atoms with Crippen LogP contribution in [0, 0.1) is 17.2 Å². The van der Waals surface area contributed by atoms with Crippen molar-refractivity contribution in [2.24, 2.45) is 5.92 Å². The molecule has 1 heterocycles.